The Morgan fingerprint density at radius 1 is 1.30 bits per heavy atom. The van der Waals surface area contributed by atoms with Crippen LogP contribution in [0.4, 0.5) is 10.1 Å². The minimum Gasteiger partial charge on any atom is -0.389 e. The van der Waals surface area contributed by atoms with Crippen molar-refractivity contribution in [2.24, 2.45) is 5.73 Å². The Labute approximate surface area is 128 Å². The average Bonchev–Trinajstić information content (AvgIpc) is 2.43. The van der Waals surface area contributed by atoms with Crippen molar-refractivity contribution < 1.29 is 4.39 Å². The Hall–Kier alpha value is -1.65. The van der Waals surface area contributed by atoms with E-state index in [-0.39, 0.29) is 5.02 Å². The third-order valence-corrected chi connectivity index (χ3v) is 3.51. The van der Waals surface area contributed by atoms with E-state index in [4.69, 9.17) is 29.6 Å². The molecule has 20 heavy (non-hydrogen) atoms. The first kappa shape index (κ1) is 14.8. The van der Waals surface area contributed by atoms with Crippen LogP contribution >= 0.6 is 23.8 Å². The quantitative estimate of drug-likeness (QED) is 0.872. The molecule has 0 radical (unpaired) electrons. The van der Waals surface area contributed by atoms with Gasteiger partial charge in [0.05, 0.1) is 5.02 Å². The summed E-state index contributed by atoms with van der Waals surface area (Å²) in [4.78, 5) is 2.31. The number of nitrogens with two attached hydrogens (primary N) is 1. The van der Waals surface area contributed by atoms with Crippen LogP contribution in [0.5, 0.6) is 0 Å². The van der Waals surface area contributed by atoms with Crippen LogP contribution in [0, 0.1) is 5.82 Å². The largest absolute Gasteiger partial charge is 0.389 e. The second-order valence-corrected chi connectivity index (χ2v) is 5.33. The van der Waals surface area contributed by atoms with E-state index >= 15 is 0 Å². The normalized spacial score (nSPS) is 10.3. The van der Waals surface area contributed by atoms with Gasteiger partial charge in [0.1, 0.15) is 10.8 Å². The molecule has 2 aromatic rings. The fraction of sp³-hybridized carbons (Fsp3) is 0.133. The molecular formula is C15H14ClFN2S. The smallest absolute Gasteiger partial charge is 0.142 e. The SMILES string of the molecule is CN(Cc1ccc(Cl)c(F)c1)c1ccccc1C(N)=S. The van der Waals surface area contributed by atoms with Crippen LogP contribution in [0.2, 0.25) is 5.02 Å². The minimum absolute atomic E-state index is 0.125. The van der Waals surface area contributed by atoms with Crippen LogP contribution in [-0.2, 0) is 6.54 Å². The summed E-state index contributed by atoms with van der Waals surface area (Å²) in [7, 11) is 1.91. The lowest BCUT2D eigenvalue weighted by Crippen LogP contribution is -2.21. The first-order chi connectivity index (χ1) is 9.49. The highest BCUT2D eigenvalue weighted by molar-refractivity contribution is 7.80. The number of nitrogens with zero attached hydrogens (tertiary/aromatic N) is 1. The topological polar surface area (TPSA) is 29.3 Å². The highest BCUT2D eigenvalue weighted by Crippen LogP contribution is 2.22. The second-order valence-electron chi connectivity index (χ2n) is 4.49. The van der Waals surface area contributed by atoms with Crippen LogP contribution in [0.1, 0.15) is 11.1 Å². The monoisotopic (exact) mass is 308 g/mol. The van der Waals surface area contributed by atoms with E-state index in [0.29, 0.717) is 11.5 Å². The van der Waals surface area contributed by atoms with Crippen molar-refractivity contribution in [1.82, 2.24) is 0 Å². The van der Waals surface area contributed by atoms with Gasteiger partial charge in [-0.2, -0.15) is 0 Å². The van der Waals surface area contributed by atoms with Crippen molar-refractivity contribution in [1.29, 1.82) is 0 Å². The molecule has 2 nitrogen and oxygen atoms in total. The van der Waals surface area contributed by atoms with Crippen molar-refractivity contribution in [3.8, 4) is 0 Å². The molecule has 0 aromatic heterocycles. The van der Waals surface area contributed by atoms with Gasteiger partial charge in [-0.1, -0.05) is 42.0 Å². The molecule has 0 spiro atoms. The lowest BCUT2D eigenvalue weighted by atomic mass is 10.1. The lowest BCUT2D eigenvalue weighted by molar-refractivity contribution is 0.625. The highest BCUT2D eigenvalue weighted by atomic mass is 35.5. The molecule has 0 bridgehead atoms. The summed E-state index contributed by atoms with van der Waals surface area (Å²) < 4.78 is 13.4. The zero-order valence-electron chi connectivity index (χ0n) is 10.9. The Morgan fingerprint density at radius 2 is 2.00 bits per heavy atom. The maximum Gasteiger partial charge on any atom is 0.142 e. The van der Waals surface area contributed by atoms with Gasteiger partial charge in [0.15, 0.2) is 0 Å². The van der Waals surface area contributed by atoms with E-state index in [9.17, 15) is 4.39 Å². The standard InChI is InChI=1S/C15H14ClFN2S/c1-19(9-10-6-7-12(16)13(17)8-10)14-5-3-2-4-11(14)15(18)20/h2-8H,9H2,1H3,(H2,18,20). The Bertz CT molecular complexity index is 646. The van der Waals surface area contributed by atoms with Gasteiger partial charge in [-0.25, -0.2) is 4.39 Å². The van der Waals surface area contributed by atoms with E-state index in [1.54, 1.807) is 12.1 Å². The van der Waals surface area contributed by atoms with Crippen LogP contribution in [0.25, 0.3) is 0 Å². The molecule has 104 valence electrons. The van der Waals surface area contributed by atoms with Gasteiger partial charge in [-0.3, -0.25) is 0 Å². The summed E-state index contributed by atoms with van der Waals surface area (Å²) in [6.07, 6.45) is 0. The van der Waals surface area contributed by atoms with Crippen LogP contribution in [-0.4, -0.2) is 12.0 Å². The molecule has 2 rings (SSSR count). The van der Waals surface area contributed by atoms with Gasteiger partial charge in [0.2, 0.25) is 0 Å². The van der Waals surface area contributed by atoms with Crippen LogP contribution in [0.15, 0.2) is 42.5 Å². The molecule has 0 aliphatic heterocycles. The van der Waals surface area contributed by atoms with Gasteiger partial charge in [-0.15, -0.1) is 0 Å². The van der Waals surface area contributed by atoms with E-state index in [2.05, 4.69) is 0 Å². The molecule has 0 saturated carbocycles. The van der Waals surface area contributed by atoms with Gasteiger partial charge in [0, 0.05) is 24.8 Å². The van der Waals surface area contributed by atoms with Gasteiger partial charge < -0.3 is 10.6 Å². The third kappa shape index (κ3) is 3.26. The molecule has 2 aromatic carbocycles. The number of anilines is 1. The minimum atomic E-state index is -0.416. The first-order valence-electron chi connectivity index (χ1n) is 6.03. The summed E-state index contributed by atoms with van der Waals surface area (Å²) in [6, 6.07) is 12.4. The zero-order chi connectivity index (χ0) is 14.7. The van der Waals surface area contributed by atoms with E-state index in [0.717, 1.165) is 16.8 Å². The van der Waals surface area contributed by atoms with Crippen LogP contribution in [0.3, 0.4) is 0 Å². The number of thiocarbonyl (C=S) groups is 1. The lowest BCUT2D eigenvalue weighted by Gasteiger charge is -2.22. The maximum atomic E-state index is 13.4. The van der Waals surface area contributed by atoms with Gasteiger partial charge in [-0.05, 0) is 29.8 Å². The molecule has 0 unspecified atom stereocenters. The Balaban J connectivity index is 2.26. The number of benzene rings is 2. The number of hydrogen-bond donors (Lipinski definition) is 1. The number of rotatable bonds is 4. The third-order valence-electron chi connectivity index (χ3n) is 2.98. The summed E-state index contributed by atoms with van der Waals surface area (Å²) >= 11 is 10.7. The summed E-state index contributed by atoms with van der Waals surface area (Å²) in [6.45, 7) is 0.535. The molecule has 0 aliphatic rings. The van der Waals surface area contributed by atoms with E-state index in [1.807, 2.05) is 36.2 Å². The maximum absolute atomic E-state index is 13.4. The van der Waals surface area contributed by atoms with Crippen molar-refractivity contribution in [3.05, 3.63) is 64.4 Å². The average molecular weight is 309 g/mol. The summed E-state index contributed by atoms with van der Waals surface area (Å²) in [5.41, 5.74) is 8.26. The second kappa shape index (κ2) is 6.20. The van der Waals surface area contributed by atoms with Crippen LogP contribution < -0.4 is 10.6 Å². The predicted octanol–water partition coefficient (Wildman–Crippen LogP) is 3.75. The molecule has 0 fully saturated rings. The number of halogens is 2. The summed E-state index contributed by atoms with van der Waals surface area (Å²) in [5.74, 6) is -0.416. The number of hydrogen-bond acceptors (Lipinski definition) is 2. The summed E-state index contributed by atoms with van der Waals surface area (Å²) in [5, 5.41) is 0.125. The van der Waals surface area contributed by atoms with Gasteiger partial charge >= 0.3 is 0 Å². The molecule has 0 aliphatic carbocycles. The zero-order valence-corrected chi connectivity index (χ0v) is 12.5. The van der Waals surface area contributed by atoms with Gasteiger partial charge in [0.25, 0.3) is 0 Å². The highest BCUT2D eigenvalue weighted by Gasteiger charge is 2.10. The molecule has 5 heteroatoms. The van der Waals surface area contributed by atoms with E-state index < -0.39 is 5.82 Å². The van der Waals surface area contributed by atoms with Crippen molar-refractivity contribution >= 4 is 34.5 Å². The Morgan fingerprint density at radius 3 is 2.65 bits per heavy atom. The fourth-order valence-electron chi connectivity index (χ4n) is 2.01. The van der Waals surface area contributed by atoms with Crippen molar-refractivity contribution in [2.45, 2.75) is 6.54 Å². The molecule has 0 amide bonds. The van der Waals surface area contributed by atoms with Crippen molar-refractivity contribution in [3.63, 3.8) is 0 Å². The first-order valence-corrected chi connectivity index (χ1v) is 6.81. The molecule has 0 saturated heterocycles. The van der Waals surface area contributed by atoms with Crippen molar-refractivity contribution in [2.75, 3.05) is 11.9 Å². The van der Waals surface area contributed by atoms with E-state index in [1.165, 1.54) is 6.07 Å². The number of para-hydroxylation sites is 1. The fourth-order valence-corrected chi connectivity index (χ4v) is 2.30. The molecule has 0 atom stereocenters. The molecular weight excluding hydrogens is 295 g/mol. The predicted molar refractivity (Wildman–Crippen MR) is 85.8 cm³/mol. The molecule has 2 N–H and O–H groups in total. The Kier molecular flexibility index (Phi) is 4.57. The molecule has 0 heterocycles.